The molecule has 2 aliphatic rings. The summed E-state index contributed by atoms with van der Waals surface area (Å²) in [6.07, 6.45) is 15.7. The van der Waals surface area contributed by atoms with Crippen LogP contribution in [0.3, 0.4) is 0 Å². The Morgan fingerprint density at radius 1 is 1.19 bits per heavy atom. The normalized spacial score (nSPS) is 19.4. The molecule has 2 aromatic rings. The average Bonchev–Trinajstić information content (AvgIpc) is 2.69. The maximum atomic E-state index is 12.5. The van der Waals surface area contributed by atoms with E-state index in [4.69, 9.17) is 4.98 Å². The molecular weight excluding hydrogens is 324 g/mol. The third-order valence-corrected chi connectivity index (χ3v) is 5.21. The number of nitrogens with one attached hydrogen (secondary N) is 1. The number of allylic oxidation sites excluding steroid dienone is 1. The van der Waals surface area contributed by atoms with Crippen LogP contribution in [0, 0.1) is 0 Å². The smallest absolute Gasteiger partial charge is 0.224 e. The summed E-state index contributed by atoms with van der Waals surface area (Å²) >= 11 is 0. The van der Waals surface area contributed by atoms with Gasteiger partial charge in [-0.15, -0.1) is 0 Å². The van der Waals surface area contributed by atoms with Crippen molar-refractivity contribution in [3.8, 4) is 11.4 Å². The van der Waals surface area contributed by atoms with Gasteiger partial charge >= 0.3 is 0 Å². The summed E-state index contributed by atoms with van der Waals surface area (Å²) in [6, 6.07) is 3.88. The van der Waals surface area contributed by atoms with E-state index in [2.05, 4.69) is 21.4 Å². The monoisotopic (exact) mass is 348 g/mol. The molecule has 0 aliphatic heterocycles. The van der Waals surface area contributed by atoms with Crippen LogP contribution in [0.25, 0.3) is 11.4 Å². The van der Waals surface area contributed by atoms with Crippen LogP contribution in [0.15, 0.2) is 42.4 Å². The fraction of sp³-hybridized carbons (Fsp3) is 0.429. The number of fused-ring (bicyclic) bond motifs is 1. The third-order valence-electron chi connectivity index (χ3n) is 5.21. The minimum atomic E-state index is 0.0263. The molecule has 0 bridgehead atoms. The summed E-state index contributed by atoms with van der Waals surface area (Å²) in [5.41, 5.74) is 4.32. The van der Waals surface area contributed by atoms with Crippen molar-refractivity contribution in [1.29, 1.82) is 0 Å². The van der Waals surface area contributed by atoms with E-state index in [1.54, 1.807) is 12.4 Å². The molecule has 1 unspecified atom stereocenters. The Morgan fingerprint density at radius 3 is 2.96 bits per heavy atom. The highest BCUT2D eigenvalue weighted by atomic mass is 16.1. The first kappa shape index (κ1) is 16.9. The highest BCUT2D eigenvalue weighted by Gasteiger charge is 2.24. The summed E-state index contributed by atoms with van der Waals surface area (Å²) < 4.78 is 0. The van der Waals surface area contributed by atoms with Gasteiger partial charge in [0.2, 0.25) is 5.91 Å². The highest BCUT2D eigenvalue weighted by Crippen LogP contribution is 2.30. The van der Waals surface area contributed by atoms with Crippen LogP contribution in [-0.4, -0.2) is 20.9 Å². The first-order valence-electron chi connectivity index (χ1n) is 9.53. The summed E-state index contributed by atoms with van der Waals surface area (Å²) in [6.45, 7) is 0. The maximum Gasteiger partial charge on any atom is 0.224 e. The van der Waals surface area contributed by atoms with Gasteiger partial charge in [-0.05, 0) is 57.1 Å². The van der Waals surface area contributed by atoms with Crippen molar-refractivity contribution in [2.24, 2.45) is 0 Å². The van der Waals surface area contributed by atoms with Gasteiger partial charge in [-0.2, -0.15) is 0 Å². The minimum absolute atomic E-state index is 0.0263. The van der Waals surface area contributed by atoms with E-state index in [0.717, 1.165) is 48.9 Å². The zero-order valence-electron chi connectivity index (χ0n) is 14.9. The van der Waals surface area contributed by atoms with E-state index in [1.165, 1.54) is 18.4 Å². The molecule has 0 radical (unpaired) electrons. The first-order chi connectivity index (χ1) is 12.8. The van der Waals surface area contributed by atoms with Gasteiger partial charge in [0.05, 0.1) is 6.04 Å². The maximum absolute atomic E-state index is 12.5. The Bertz CT molecular complexity index is 816. The number of hydrogen-bond donors (Lipinski definition) is 1. The molecule has 5 heteroatoms. The van der Waals surface area contributed by atoms with Crippen LogP contribution in [0.4, 0.5) is 0 Å². The predicted octanol–water partition coefficient (Wildman–Crippen LogP) is 3.92. The van der Waals surface area contributed by atoms with Crippen molar-refractivity contribution >= 4 is 5.91 Å². The van der Waals surface area contributed by atoms with Crippen LogP contribution in [0.5, 0.6) is 0 Å². The Balaban J connectivity index is 1.48. The van der Waals surface area contributed by atoms with Crippen molar-refractivity contribution in [1.82, 2.24) is 20.3 Å². The molecule has 2 aliphatic carbocycles. The molecular formula is C21H24N4O. The largest absolute Gasteiger partial charge is 0.349 e. The third kappa shape index (κ3) is 3.82. The number of rotatable bonds is 4. The standard InChI is InChI=1S/C21H24N4O/c26-20(12-15-6-2-1-3-7-15)24-18-9-4-10-19-17(18)14-23-21(25-19)16-8-5-11-22-13-16/h5-6,8,11,13-14,18H,1-4,7,9-10,12H2,(H,24,26). The van der Waals surface area contributed by atoms with Crippen molar-refractivity contribution in [3.63, 3.8) is 0 Å². The molecule has 2 heterocycles. The Labute approximate surface area is 154 Å². The number of carbonyl (C=O) groups is 1. The summed E-state index contributed by atoms with van der Waals surface area (Å²) in [5, 5.41) is 3.21. The molecule has 0 spiro atoms. The van der Waals surface area contributed by atoms with Crippen LogP contribution in [0.2, 0.25) is 0 Å². The SMILES string of the molecule is O=C(CC1=CCCCC1)NC1CCCc2nc(-c3cccnc3)ncc21. The lowest BCUT2D eigenvalue weighted by Crippen LogP contribution is -2.31. The second kappa shape index (κ2) is 7.77. The lowest BCUT2D eigenvalue weighted by molar-refractivity contribution is -0.121. The second-order valence-electron chi connectivity index (χ2n) is 7.13. The van der Waals surface area contributed by atoms with E-state index >= 15 is 0 Å². The molecule has 134 valence electrons. The van der Waals surface area contributed by atoms with Crippen LogP contribution >= 0.6 is 0 Å². The van der Waals surface area contributed by atoms with E-state index in [0.29, 0.717) is 12.2 Å². The van der Waals surface area contributed by atoms with Crippen molar-refractivity contribution in [2.45, 2.75) is 57.4 Å². The molecule has 0 saturated heterocycles. The number of carbonyl (C=O) groups excluding carboxylic acids is 1. The highest BCUT2D eigenvalue weighted by molar-refractivity contribution is 5.79. The summed E-state index contributed by atoms with van der Waals surface area (Å²) in [7, 11) is 0. The molecule has 0 saturated carbocycles. The van der Waals surface area contributed by atoms with E-state index in [9.17, 15) is 4.79 Å². The van der Waals surface area contributed by atoms with Crippen LogP contribution in [-0.2, 0) is 11.2 Å². The number of aromatic nitrogens is 3. The minimum Gasteiger partial charge on any atom is -0.349 e. The van der Waals surface area contributed by atoms with Gasteiger partial charge in [0.1, 0.15) is 0 Å². The quantitative estimate of drug-likeness (QED) is 0.850. The molecule has 0 aromatic carbocycles. The average molecular weight is 348 g/mol. The number of pyridine rings is 1. The van der Waals surface area contributed by atoms with E-state index in [-0.39, 0.29) is 11.9 Å². The molecule has 1 amide bonds. The second-order valence-corrected chi connectivity index (χ2v) is 7.13. The number of aryl methyl sites for hydroxylation is 1. The van der Waals surface area contributed by atoms with Crippen LogP contribution in [0.1, 0.15) is 62.2 Å². The first-order valence-corrected chi connectivity index (χ1v) is 9.53. The van der Waals surface area contributed by atoms with Gasteiger partial charge in [-0.1, -0.05) is 11.6 Å². The molecule has 0 fully saturated rings. The molecule has 1 N–H and O–H groups in total. The van der Waals surface area contributed by atoms with E-state index < -0.39 is 0 Å². The topological polar surface area (TPSA) is 67.8 Å². The Morgan fingerprint density at radius 2 is 2.15 bits per heavy atom. The number of nitrogens with zero attached hydrogens (tertiary/aromatic N) is 3. The van der Waals surface area contributed by atoms with Gasteiger partial charge < -0.3 is 5.32 Å². The van der Waals surface area contributed by atoms with Crippen molar-refractivity contribution < 1.29 is 4.79 Å². The Kier molecular flexibility index (Phi) is 5.04. The van der Waals surface area contributed by atoms with Gasteiger partial charge in [-0.3, -0.25) is 9.78 Å². The lowest BCUT2D eigenvalue weighted by Gasteiger charge is -2.26. The van der Waals surface area contributed by atoms with Crippen LogP contribution < -0.4 is 5.32 Å². The Hall–Kier alpha value is -2.56. The molecule has 26 heavy (non-hydrogen) atoms. The predicted molar refractivity (Wildman–Crippen MR) is 100 cm³/mol. The fourth-order valence-electron chi connectivity index (χ4n) is 3.85. The van der Waals surface area contributed by atoms with Crippen molar-refractivity contribution in [3.05, 3.63) is 53.6 Å². The lowest BCUT2D eigenvalue weighted by atomic mass is 9.91. The summed E-state index contributed by atoms with van der Waals surface area (Å²) in [4.78, 5) is 25.9. The van der Waals surface area contributed by atoms with Gasteiger partial charge in [0.15, 0.2) is 5.82 Å². The molecule has 4 rings (SSSR count). The van der Waals surface area contributed by atoms with Gasteiger partial charge in [0.25, 0.3) is 0 Å². The van der Waals surface area contributed by atoms with Gasteiger partial charge in [0, 0.05) is 41.8 Å². The fourth-order valence-corrected chi connectivity index (χ4v) is 3.85. The molecule has 2 aromatic heterocycles. The number of amides is 1. The zero-order valence-corrected chi connectivity index (χ0v) is 14.9. The van der Waals surface area contributed by atoms with Gasteiger partial charge in [-0.25, -0.2) is 9.97 Å². The van der Waals surface area contributed by atoms with Crippen molar-refractivity contribution in [2.75, 3.05) is 0 Å². The molecule has 5 nitrogen and oxygen atoms in total. The van der Waals surface area contributed by atoms with E-state index in [1.807, 2.05) is 18.3 Å². The zero-order chi connectivity index (χ0) is 17.8. The molecule has 1 atom stereocenters. The summed E-state index contributed by atoms with van der Waals surface area (Å²) in [5.74, 6) is 0.823. The number of hydrogen-bond acceptors (Lipinski definition) is 4.